The molecule has 1 aliphatic rings. The fraction of sp³-hybridized carbons (Fsp3) is 1.00. The maximum atomic E-state index is 2.84. The van der Waals surface area contributed by atoms with Gasteiger partial charge in [-0.05, 0) is 37.5 Å². The van der Waals surface area contributed by atoms with E-state index in [4.69, 9.17) is 0 Å². The Labute approximate surface area is 143 Å². The molecule has 4 unspecified atom stereocenters. The van der Waals surface area contributed by atoms with Crippen LogP contribution in [0.5, 0.6) is 0 Å². The molecule has 1 fully saturated rings. The highest BCUT2D eigenvalue weighted by Crippen LogP contribution is 2.63. The number of rotatable bonds is 9. The first-order valence-corrected chi connectivity index (χ1v) is 13.6. The molecule has 0 aliphatic carbocycles. The third-order valence-corrected chi connectivity index (χ3v) is 13.6. The van der Waals surface area contributed by atoms with E-state index in [1.807, 2.05) is 11.0 Å². The Kier molecular flexibility index (Phi) is 13.2. The van der Waals surface area contributed by atoms with E-state index in [1.54, 1.807) is 0 Å². The minimum absolute atomic E-state index is 0. The van der Waals surface area contributed by atoms with E-state index < -0.39 is 0 Å². The summed E-state index contributed by atoms with van der Waals surface area (Å²) in [4.78, 5) is 0. The fourth-order valence-corrected chi connectivity index (χ4v) is 10.8. The molecule has 1 aliphatic heterocycles. The quantitative estimate of drug-likeness (QED) is 0.448. The van der Waals surface area contributed by atoms with Crippen molar-refractivity contribution in [3.8, 4) is 0 Å². The zero-order valence-corrected chi connectivity index (χ0v) is 18.1. The van der Waals surface area contributed by atoms with Gasteiger partial charge in [0.15, 0.2) is 0 Å². The lowest BCUT2D eigenvalue weighted by atomic mass is 10.1. The summed E-state index contributed by atoms with van der Waals surface area (Å²) in [6, 6.07) is 0. The summed E-state index contributed by atoms with van der Waals surface area (Å²) in [5.74, 6) is 2.21. The molecule has 1 rings (SSSR count). The molecule has 0 aromatic rings. The van der Waals surface area contributed by atoms with Crippen molar-refractivity contribution in [3.05, 3.63) is 0 Å². The topological polar surface area (TPSA) is 0 Å². The van der Waals surface area contributed by atoms with E-state index in [9.17, 15) is 0 Å². The molecule has 0 bridgehead atoms. The molecule has 1 saturated heterocycles. The van der Waals surface area contributed by atoms with E-state index in [0.29, 0.717) is 7.12 Å². The molecule has 0 nitrogen and oxygen atoms in total. The van der Waals surface area contributed by atoms with Crippen LogP contribution in [-0.4, -0.2) is 33.8 Å². The van der Waals surface area contributed by atoms with Crippen molar-refractivity contribution in [1.29, 1.82) is 0 Å². The van der Waals surface area contributed by atoms with Crippen LogP contribution < -0.4 is 0 Å². The predicted molar refractivity (Wildman–Crippen MR) is 111 cm³/mol. The average molecular weight is 377 g/mol. The molecule has 0 aromatic carbocycles. The van der Waals surface area contributed by atoms with Crippen molar-refractivity contribution in [3.63, 3.8) is 0 Å². The maximum absolute atomic E-state index is 2.84. The van der Waals surface area contributed by atoms with Gasteiger partial charge in [0.05, 0.1) is 0 Å². The summed E-state index contributed by atoms with van der Waals surface area (Å²) < 4.78 is 0. The third kappa shape index (κ3) is 8.46. The van der Waals surface area contributed by atoms with Crippen LogP contribution in [0.4, 0.5) is 0 Å². The smallest absolute Gasteiger partial charge is 0.0144 e. The van der Waals surface area contributed by atoms with Gasteiger partial charge in [-0.1, -0.05) is 42.6 Å². The van der Waals surface area contributed by atoms with Crippen molar-refractivity contribution in [2.75, 3.05) is 18.1 Å². The Bertz CT molecular complexity index is 225. The van der Waals surface area contributed by atoms with Gasteiger partial charge in [-0.25, -0.2) is 0 Å². The van der Waals surface area contributed by atoms with Gasteiger partial charge >= 0.3 is 0 Å². The monoisotopic (exact) mass is 376 g/mol. The predicted octanol–water partition coefficient (Wildman–Crippen LogP) is 6.08. The standard InChI is InChI=1S/C13H28P2S3.H2S/c1-5-10(2)12(4)16-7-6-11(3)17-13-8-15(9-13)18-14;/h10-13H,5-9,14H2,1-4H3;1H2. The van der Waals surface area contributed by atoms with Gasteiger partial charge < -0.3 is 0 Å². The first-order chi connectivity index (χ1) is 8.56. The highest BCUT2D eigenvalue weighted by Gasteiger charge is 2.29. The van der Waals surface area contributed by atoms with Crippen LogP contribution in [0.15, 0.2) is 0 Å². The molecule has 6 heteroatoms. The van der Waals surface area contributed by atoms with Crippen molar-refractivity contribution >= 4 is 63.6 Å². The van der Waals surface area contributed by atoms with Crippen molar-refractivity contribution in [2.24, 2.45) is 5.92 Å². The van der Waals surface area contributed by atoms with Gasteiger partial charge in [-0.2, -0.15) is 37.0 Å². The maximum Gasteiger partial charge on any atom is 0.0144 e. The van der Waals surface area contributed by atoms with Crippen molar-refractivity contribution < 1.29 is 0 Å². The van der Waals surface area contributed by atoms with Gasteiger partial charge in [-0.15, -0.1) is 11.0 Å². The first-order valence-electron chi connectivity index (χ1n) is 6.95. The molecule has 0 aromatic heterocycles. The SMILES string of the molecule is CCC(C)C(C)SCCC(C)SC1CP(SP)C1.S. The molecule has 0 spiro atoms. The zero-order chi connectivity index (χ0) is 13.5. The molecule has 116 valence electrons. The van der Waals surface area contributed by atoms with Crippen molar-refractivity contribution in [2.45, 2.75) is 56.3 Å². The van der Waals surface area contributed by atoms with Crippen LogP contribution in [0.2, 0.25) is 0 Å². The molecule has 4 atom stereocenters. The Balaban J connectivity index is 0.00000324. The molecule has 0 radical (unpaired) electrons. The van der Waals surface area contributed by atoms with E-state index in [-0.39, 0.29) is 13.5 Å². The molecule has 0 saturated carbocycles. The Morgan fingerprint density at radius 2 is 1.89 bits per heavy atom. The lowest BCUT2D eigenvalue weighted by Gasteiger charge is -2.35. The summed E-state index contributed by atoms with van der Waals surface area (Å²) in [5.41, 5.74) is 0. The van der Waals surface area contributed by atoms with Gasteiger partial charge in [0.2, 0.25) is 0 Å². The van der Waals surface area contributed by atoms with Crippen LogP contribution >= 0.6 is 63.6 Å². The lowest BCUT2D eigenvalue weighted by Crippen LogP contribution is -2.25. The van der Waals surface area contributed by atoms with Crippen LogP contribution in [0.1, 0.15) is 40.5 Å². The zero-order valence-electron chi connectivity index (χ0n) is 12.6. The minimum Gasteiger partial charge on any atom is -0.197 e. The minimum atomic E-state index is 0. The molecule has 0 N–H and O–H groups in total. The lowest BCUT2D eigenvalue weighted by molar-refractivity contribution is 0.557. The van der Waals surface area contributed by atoms with Gasteiger partial charge in [0.25, 0.3) is 0 Å². The Morgan fingerprint density at radius 1 is 1.26 bits per heavy atom. The van der Waals surface area contributed by atoms with Crippen LogP contribution in [-0.2, 0) is 0 Å². The molecular formula is C13H30P2S4. The largest absolute Gasteiger partial charge is 0.197 e. The summed E-state index contributed by atoms with van der Waals surface area (Å²) in [6.07, 6.45) is 5.69. The van der Waals surface area contributed by atoms with Crippen LogP contribution in [0, 0.1) is 5.92 Å². The molecule has 0 amide bonds. The second-order valence-corrected chi connectivity index (χ2v) is 14.5. The normalized spacial score (nSPS) is 27.0. The third-order valence-electron chi connectivity index (χ3n) is 3.74. The Morgan fingerprint density at radius 3 is 2.42 bits per heavy atom. The van der Waals surface area contributed by atoms with Gasteiger partial charge in [-0.3, -0.25) is 0 Å². The summed E-state index contributed by atoms with van der Waals surface area (Å²) in [7, 11) is 3.19. The number of hydrogen-bond acceptors (Lipinski definition) is 3. The highest BCUT2D eigenvalue weighted by molar-refractivity contribution is 8.79. The van der Waals surface area contributed by atoms with Crippen LogP contribution in [0.25, 0.3) is 0 Å². The van der Waals surface area contributed by atoms with E-state index >= 15 is 0 Å². The summed E-state index contributed by atoms with van der Waals surface area (Å²) in [5, 5.41) is 2.67. The molecule has 1 heterocycles. The fourth-order valence-electron chi connectivity index (χ4n) is 1.89. The second kappa shape index (κ2) is 11.8. The highest BCUT2D eigenvalue weighted by atomic mass is 33.1. The second-order valence-electron chi connectivity index (χ2n) is 5.27. The summed E-state index contributed by atoms with van der Waals surface area (Å²) >= 11 is 6.46. The molecule has 19 heavy (non-hydrogen) atoms. The Hall–Kier alpha value is 2.26. The number of hydrogen-bond donors (Lipinski definition) is 0. The van der Waals surface area contributed by atoms with E-state index in [2.05, 4.69) is 59.7 Å². The molecular weight excluding hydrogens is 346 g/mol. The van der Waals surface area contributed by atoms with E-state index in [1.165, 1.54) is 30.9 Å². The summed E-state index contributed by atoms with van der Waals surface area (Å²) in [6.45, 7) is 9.51. The van der Waals surface area contributed by atoms with Gasteiger partial charge in [0.1, 0.15) is 0 Å². The number of thioether (sulfide) groups is 2. The first kappa shape index (κ1) is 21.3. The van der Waals surface area contributed by atoms with Gasteiger partial charge in [0, 0.05) is 15.7 Å². The van der Waals surface area contributed by atoms with E-state index in [0.717, 1.165) is 21.7 Å². The van der Waals surface area contributed by atoms with Crippen LogP contribution in [0.3, 0.4) is 0 Å². The average Bonchev–Trinajstić information content (AvgIpc) is 2.31. The van der Waals surface area contributed by atoms with Crippen molar-refractivity contribution in [1.82, 2.24) is 0 Å².